The summed E-state index contributed by atoms with van der Waals surface area (Å²) in [5.41, 5.74) is 1.47. The first kappa shape index (κ1) is 40.7. The second-order valence-corrected chi connectivity index (χ2v) is 14.8. The molecule has 1 aromatic carbocycles. The van der Waals surface area contributed by atoms with Crippen LogP contribution in [0.15, 0.2) is 42.7 Å². The average molecular weight is 637 g/mol. The molecule has 1 aromatic rings. The number of hydrogen-bond donors (Lipinski definition) is 0. The van der Waals surface area contributed by atoms with Crippen molar-refractivity contribution in [2.24, 2.45) is 0 Å². The minimum atomic E-state index is 0.501. The fourth-order valence-electron chi connectivity index (χ4n) is 7.40. The monoisotopic (exact) mass is 637 g/mol. The highest BCUT2D eigenvalue weighted by Gasteiger charge is 2.25. The van der Waals surface area contributed by atoms with Crippen molar-refractivity contribution in [2.75, 3.05) is 13.1 Å². The summed E-state index contributed by atoms with van der Waals surface area (Å²) < 4.78 is 0. The predicted molar refractivity (Wildman–Crippen MR) is 206 cm³/mol. The van der Waals surface area contributed by atoms with Gasteiger partial charge >= 0.3 is 0 Å². The molecule has 2 rings (SSSR count). The summed E-state index contributed by atoms with van der Waals surface area (Å²) in [4.78, 5) is 5.31. The summed E-state index contributed by atoms with van der Waals surface area (Å²) >= 11 is 0. The zero-order valence-electron chi connectivity index (χ0n) is 31.3. The predicted octanol–water partition coefficient (Wildman–Crippen LogP) is 14.4. The van der Waals surface area contributed by atoms with Gasteiger partial charge in [-0.25, -0.2) is 0 Å². The third-order valence-corrected chi connectivity index (χ3v) is 10.5. The zero-order valence-corrected chi connectivity index (χ0v) is 31.3. The van der Waals surface area contributed by atoms with Gasteiger partial charge in [0.2, 0.25) is 0 Å². The standard InChI is InChI=1S/C44H80N2/c1-3-5-7-9-11-13-15-17-19-20-22-24-26-28-30-35-39-46-41-40-45(44(46)42-43-36-32-31-33-37-43)38-34-29-27-25-23-21-18-16-14-12-10-8-6-4-2/h31-33,36-37,40-41,44H,3-30,34-35,38-39,42H2,1-2H3. The first-order valence-electron chi connectivity index (χ1n) is 21.1. The second kappa shape index (κ2) is 30.9. The number of unbranched alkanes of at least 4 members (excludes halogenated alkanes) is 28. The molecular formula is C44H80N2. The SMILES string of the molecule is CCCCCCCCCCCCCCCCCCN1C=CN(CCCCCCCCCCCCCCCC)C1Cc1ccccc1. The van der Waals surface area contributed by atoms with E-state index in [1.807, 2.05) is 0 Å². The van der Waals surface area contributed by atoms with Crippen LogP contribution >= 0.6 is 0 Å². The smallest absolute Gasteiger partial charge is 0.105 e. The highest BCUT2D eigenvalue weighted by Crippen LogP contribution is 2.23. The van der Waals surface area contributed by atoms with Crippen molar-refractivity contribution in [1.82, 2.24) is 9.80 Å². The van der Waals surface area contributed by atoms with Gasteiger partial charge in [-0.2, -0.15) is 0 Å². The molecule has 0 N–H and O–H groups in total. The van der Waals surface area contributed by atoms with Gasteiger partial charge in [0.1, 0.15) is 6.17 Å². The minimum Gasteiger partial charge on any atom is -0.356 e. The lowest BCUT2D eigenvalue weighted by Gasteiger charge is -2.33. The van der Waals surface area contributed by atoms with Crippen molar-refractivity contribution >= 4 is 0 Å². The Labute approximate surface area is 289 Å². The molecule has 0 radical (unpaired) electrons. The molecule has 46 heavy (non-hydrogen) atoms. The van der Waals surface area contributed by atoms with Gasteiger partial charge in [0, 0.05) is 31.9 Å². The maximum atomic E-state index is 2.65. The summed E-state index contributed by atoms with van der Waals surface area (Å²) in [6.45, 7) is 7.04. The maximum Gasteiger partial charge on any atom is 0.105 e. The van der Waals surface area contributed by atoms with Gasteiger partial charge < -0.3 is 9.80 Å². The van der Waals surface area contributed by atoms with Crippen molar-refractivity contribution in [3.63, 3.8) is 0 Å². The Morgan fingerprint density at radius 2 is 0.652 bits per heavy atom. The summed E-state index contributed by atoms with van der Waals surface area (Å²) in [6.07, 6.45) is 49.5. The molecule has 1 aliphatic rings. The molecule has 266 valence electrons. The third kappa shape index (κ3) is 22.2. The van der Waals surface area contributed by atoms with Gasteiger partial charge in [0.05, 0.1) is 0 Å². The number of hydrogen-bond acceptors (Lipinski definition) is 2. The van der Waals surface area contributed by atoms with E-state index in [1.54, 1.807) is 0 Å². The molecule has 1 aliphatic heterocycles. The average Bonchev–Trinajstić information content (AvgIpc) is 3.45. The van der Waals surface area contributed by atoms with Crippen LogP contribution in [0.4, 0.5) is 0 Å². The van der Waals surface area contributed by atoms with Gasteiger partial charge in [0.15, 0.2) is 0 Å². The molecule has 0 bridgehead atoms. The lowest BCUT2D eigenvalue weighted by atomic mass is 10.0. The first-order valence-corrected chi connectivity index (χ1v) is 21.1. The van der Waals surface area contributed by atoms with Crippen LogP contribution in [0.3, 0.4) is 0 Å². The Hall–Kier alpha value is -1.44. The summed E-state index contributed by atoms with van der Waals surface area (Å²) in [5.74, 6) is 0. The zero-order chi connectivity index (χ0) is 32.6. The van der Waals surface area contributed by atoms with Crippen LogP contribution < -0.4 is 0 Å². The fraction of sp³-hybridized carbons (Fsp3) is 0.818. The Balaban J connectivity index is 1.49. The summed E-state index contributed by atoms with van der Waals surface area (Å²) in [5, 5.41) is 0. The van der Waals surface area contributed by atoms with Crippen LogP contribution in [-0.2, 0) is 6.42 Å². The Bertz CT molecular complexity index is 773. The van der Waals surface area contributed by atoms with Crippen molar-refractivity contribution in [2.45, 2.75) is 219 Å². The first-order chi connectivity index (χ1) is 22.8. The summed E-state index contributed by atoms with van der Waals surface area (Å²) in [7, 11) is 0. The van der Waals surface area contributed by atoms with Crippen LogP contribution in [0.1, 0.15) is 212 Å². The van der Waals surface area contributed by atoms with Crippen molar-refractivity contribution < 1.29 is 0 Å². The van der Waals surface area contributed by atoms with Gasteiger partial charge in [-0.15, -0.1) is 0 Å². The molecule has 1 unspecified atom stereocenters. The Morgan fingerprint density at radius 3 is 0.957 bits per heavy atom. The van der Waals surface area contributed by atoms with E-state index in [-0.39, 0.29) is 0 Å². The van der Waals surface area contributed by atoms with Crippen molar-refractivity contribution in [1.29, 1.82) is 0 Å². The van der Waals surface area contributed by atoms with Crippen LogP contribution in [0.25, 0.3) is 0 Å². The van der Waals surface area contributed by atoms with E-state index in [9.17, 15) is 0 Å². The maximum absolute atomic E-state index is 2.65. The van der Waals surface area contributed by atoms with Crippen molar-refractivity contribution in [3.05, 3.63) is 48.3 Å². The highest BCUT2D eigenvalue weighted by molar-refractivity contribution is 5.17. The molecule has 0 saturated heterocycles. The lowest BCUT2D eigenvalue weighted by Crippen LogP contribution is -2.41. The van der Waals surface area contributed by atoms with E-state index in [0.29, 0.717) is 6.17 Å². The molecule has 1 atom stereocenters. The number of benzene rings is 1. The minimum absolute atomic E-state index is 0.501. The number of nitrogens with zero attached hydrogens (tertiary/aromatic N) is 2. The second-order valence-electron chi connectivity index (χ2n) is 14.8. The van der Waals surface area contributed by atoms with Crippen LogP contribution in [-0.4, -0.2) is 29.1 Å². The van der Waals surface area contributed by atoms with E-state index in [1.165, 1.54) is 211 Å². The quantitative estimate of drug-likeness (QED) is 0.0694. The van der Waals surface area contributed by atoms with E-state index < -0.39 is 0 Å². The molecule has 2 nitrogen and oxygen atoms in total. The van der Waals surface area contributed by atoms with Crippen LogP contribution in [0, 0.1) is 0 Å². The molecule has 0 amide bonds. The van der Waals surface area contributed by atoms with Gasteiger partial charge in [-0.3, -0.25) is 0 Å². The summed E-state index contributed by atoms with van der Waals surface area (Å²) in [6, 6.07) is 11.2. The van der Waals surface area contributed by atoms with Crippen LogP contribution in [0.5, 0.6) is 0 Å². The fourth-order valence-corrected chi connectivity index (χ4v) is 7.40. The number of rotatable bonds is 34. The molecule has 0 spiro atoms. The Kier molecular flexibility index (Phi) is 27.3. The third-order valence-electron chi connectivity index (χ3n) is 10.5. The van der Waals surface area contributed by atoms with E-state index in [2.05, 4.69) is 66.4 Å². The topological polar surface area (TPSA) is 6.48 Å². The van der Waals surface area contributed by atoms with Crippen LogP contribution in [0.2, 0.25) is 0 Å². The van der Waals surface area contributed by atoms with Gasteiger partial charge in [0.25, 0.3) is 0 Å². The van der Waals surface area contributed by atoms with Crippen molar-refractivity contribution in [3.8, 4) is 0 Å². The highest BCUT2D eigenvalue weighted by atomic mass is 15.4. The molecule has 0 aliphatic carbocycles. The molecular weight excluding hydrogens is 556 g/mol. The largest absolute Gasteiger partial charge is 0.356 e. The van der Waals surface area contributed by atoms with Gasteiger partial charge in [-0.1, -0.05) is 224 Å². The normalized spacial score (nSPS) is 14.6. The Morgan fingerprint density at radius 1 is 0.370 bits per heavy atom. The molecule has 0 aromatic heterocycles. The van der Waals surface area contributed by atoms with Gasteiger partial charge in [-0.05, 0) is 18.4 Å². The lowest BCUT2D eigenvalue weighted by molar-refractivity contribution is 0.148. The van der Waals surface area contributed by atoms with E-state index >= 15 is 0 Å². The van der Waals surface area contributed by atoms with E-state index in [0.717, 1.165) is 6.42 Å². The van der Waals surface area contributed by atoms with E-state index in [4.69, 9.17) is 0 Å². The molecule has 1 heterocycles. The molecule has 0 fully saturated rings. The molecule has 0 saturated carbocycles. The molecule has 2 heteroatoms.